The highest BCUT2D eigenvalue weighted by Gasteiger charge is 2.08. The molecule has 0 aliphatic carbocycles. The molecule has 5 nitrogen and oxygen atoms in total. The summed E-state index contributed by atoms with van der Waals surface area (Å²) < 4.78 is 0. The van der Waals surface area contributed by atoms with E-state index in [4.69, 9.17) is 11.6 Å². The zero-order valence-corrected chi connectivity index (χ0v) is 13.7. The molecular formula is C18H15ClN4O. The van der Waals surface area contributed by atoms with Crippen LogP contribution in [0.5, 0.6) is 0 Å². The molecule has 120 valence electrons. The topological polar surface area (TPSA) is 66.9 Å². The van der Waals surface area contributed by atoms with Crippen LogP contribution >= 0.6 is 11.6 Å². The van der Waals surface area contributed by atoms with Crippen molar-refractivity contribution in [3.05, 3.63) is 77.1 Å². The van der Waals surface area contributed by atoms with Gasteiger partial charge in [0.05, 0.1) is 5.56 Å². The number of carbonyl (C=O) groups excluding carboxylic acids is 1. The van der Waals surface area contributed by atoms with Crippen LogP contribution < -0.4 is 10.6 Å². The number of para-hydroxylation sites is 1. The van der Waals surface area contributed by atoms with Crippen LogP contribution in [0.4, 0.5) is 17.3 Å². The van der Waals surface area contributed by atoms with Crippen LogP contribution in [0.25, 0.3) is 0 Å². The Morgan fingerprint density at radius 3 is 2.38 bits per heavy atom. The predicted molar refractivity (Wildman–Crippen MR) is 95.9 cm³/mol. The van der Waals surface area contributed by atoms with E-state index in [0.717, 1.165) is 16.9 Å². The molecule has 2 N–H and O–H groups in total. The fourth-order valence-corrected chi connectivity index (χ4v) is 2.21. The van der Waals surface area contributed by atoms with Crippen LogP contribution in [0.15, 0.2) is 60.9 Å². The second-order valence-corrected chi connectivity index (χ2v) is 5.61. The molecule has 0 aliphatic rings. The van der Waals surface area contributed by atoms with Gasteiger partial charge in [0.1, 0.15) is 0 Å². The lowest BCUT2D eigenvalue weighted by atomic mass is 10.2. The second kappa shape index (κ2) is 7.10. The number of rotatable bonds is 4. The molecule has 1 heterocycles. The molecule has 0 saturated carbocycles. The van der Waals surface area contributed by atoms with Crippen molar-refractivity contribution in [3.8, 4) is 0 Å². The van der Waals surface area contributed by atoms with E-state index in [1.807, 2.05) is 49.4 Å². The minimum atomic E-state index is -0.258. The fraction of sp³-hybridized carbons (Fsp3) is 0.0556. The molecule has 3 aromatic rings. The summed E-state index contributed by atoms with van der Waals surface area (Å²) in [7, 11) is 0. The SMILES string of the molecule is Cc1ccc(Nc2ncc(C(=O)Nc3ccccc3)cn2)cc1Cl. The van der Waals surface area contributed by atoms with E-state index in [1.54, 1.807) is 6.07 Å². The molecule has 0 atom stereocenters. The number of aryl methyl sites for hydroxylation is 1. The Kier molecular flexibility index (Phi) is 4.72. The van der Waals surface area contributed by atoms with Gasteiger partial charge in [-0.3, -0.25) is 4.79 Å². The van der Waals surface area contributed by atoms with Gasteiger partial charge in [0.25, 0.3) is 5.91 Å². The summed E-state index contributed by atoms with van der Waals surface area (Å²) >= 11 is 6.09. The highest BCUT2D eigenvalue weighted by molar-refractivity contribution is 6.31. The lowest BCUT2D eigenvalue weighted by Crippen LogP contribution is -2.13. The highest BCUT2D eigenvalue weighted by atomic mass is 35.5. The molecule has 1 amide bonds. The van der Waals surface area contributed by atoms with Gasteiger partial charge in [0.2, 0.25) is 5.95 Å². The Labute approximate surface area is 144 Å². The molecule has 2 aromatic carbocycles. The van der Waals surface area contributed by atoms with Crippen LogP contribution in [-0.4, -0.2) is 15.9 Å². The zero-order valence-electron chi connectivity index (χ0n) is 13.0. The molecular weight excluding hydrogens is 324 g/mol. The number of anilines is 3. The maximum absolute atomic E-state index is 12.1. The first-order valence-electron chi connectivity index (χ1n) is 7.33. The quantitative estimate of drug-likeness (QED) is 0.738. The van der Waals surface area contributed by atoms with Gasteiger partial charge >= 0.3 is 0 Å². The van der Waals surface area contributed by atoms with Gasteiger partial charge in [0, 0.05) is 28.8 Å². The van der Waals surface area contributed by atoms with Crippen molar-refractivity contribution in [2.24, 2.45) is 0 Å². The molecule has 0 aliphatic heterocycles. The van der Waals surface area contributed by atoms with Gasteiger partial charge in [-0.2, -0.15) is 0 Å². The average molecular weight is 339 g/mol. The largest absolute Gasteiger partial charge is 0.324 e. The molecule has 0 spiro atoms. The third kappa shape index (κ3) is 3.88. The number of hydrogen-bond acceptors (Lipinski definition) is 4. The Hall–Kier alpha value is -2.92. The van der Waals surface area contributed by atoms with E-state index < -0.39 is 0 Å². The van der Waals surface area contributed by atoms with Gasteiger partial charge in [-0.1, -0.05) is 35.9 Å². The Morgan fingerprint density at radius 1 is 1.00 bits per heavy atom. The third-order valence-electron chi connectivity index (χ3n) is 3.37. The average Bonchev–Trinajstić information content (AvgIpc) is 2.60. The predicted octanol–water partition coefficient (Wildman–Crippen LogP) is 4.43. The standard InChI is InChI=1S/C18H15ClN4O/c1-12-7-8-15(9-16(12)19)23-18-20-10-13(11-21-18)17(24)22-14-5-3-2-4-6-14/h2-11H,1H3,(H,22,24)(H,20,21,23). The number of carbonyl (C=O) groups is 1. The molecule has 0 fully saturated rings. The number of hydrogen-bond donors (Lipinski definition) is 2. The Morgan fingerprint density at radius 2 is 1.71 bits per heavy atom. The highest BCUT2D eigenvalue weighted by Crippen LogP contribution is 2.21. The number of halogens is 1. The first-order valence-corrected chi connectivity index (χ1v) is 7.71. The second-order valence-electron chi connectivity index (χ2n) is 5.20. The van der Waals surface area contributed by atoms with Crippen molar-refractivity contribution in [3.63, 3.8) is 0 Å². The summed E-state index contributed by atoms with van der Waals surface area (Å²) in [4.78, 5) is 20.5. The molecule has 24 heavy (non-hydrogen) atoms. The third-order valence-corrected chi connectivity index (χ3v) is 3.78. The Bertz CT molecular complexity index is 851. The van der Waals surface area contributed by atoms with Gasteiger partial charge in [0.15, 0.2) is 0 Å². The van der Waals surface area contributed by atoms with Crippen molar-refractivity contribution in [2.75, 3.05) is 10.6 Å². The van der Waals surface area contributed by atoms with Gasteiger partial charge in [-0.25, -0.2) is 9.97 Å². The molecule has 1 aromatic heterocycles. The fourth-order valence-electron chi connectivity index (χ4n) is 2.03. The molecule has 6 heteroatoms. The first-order chi connectivity index (χ1) is 11.6. The van der Waals surface area contributed by atoms with E-state index in [-0.39, 0.29) is 5.91 Å². The molecule has 0 unspecified atom stereocenters. The zero-order chi connectivity index (χ0) is 16.9. The monoisotopic (exact) mass is 338 g/mol. The normalized spacial score (nSPS) is 10.2. The first kappa shape index (κ1) is 16.0. The molecule has 3 rings (SSSR count). The van der Waals surface area contributed by atoms with Crippen LogP contribution in [0, 0.1) is 6.92 Å². The summed E-state index contributed by atoms with van der Waals surface area (Å²) in [6.45, 7) is 1.93. The van der Waals surface area contributed by atoms with Crippen LogP contribution in [0.2, 0.25) is 5.02 Å². The van der Waals surface area contributed by atoms with Crippen LogP contribution in [-0.2, 0) is 0 Å². The van der Waals surface area contributed by atoms with Crippen LogP contribution in [0.3, 0.4) is 0 Å². The minimum absolute atomic E-state index is 0.258. The summed E-state index contributed by atoms with van der Waals surface area (Å²) in [6, 6.07) is 14.8. The molecule has 0 bridgehead atoms. The summed E-state index contributed by atoms with van der Waals surface area (Å²) in [6.07, 6.45) is 2.95. The maximum atomic E-state index is 12.1. The Balaban J connectivity index is 1.68. The van der Waals surface area contributed by atoms with Crippen molar-refractivity contribution in [2.45, 2.75) is 6.92 Å². The van der Waals surface area contributed by atoms with Crippen molar-refractivity contribution < 1.29 is 4.79 Å². The van der Waals surface area contributed by atoms with E-state index in [1.165, 1.54) is 12.4 Å². The lowest BCUT2D eigenvalue weighted by Gasteiger charge is -2.07. The van der Waals surface area contributed by atoms with Crippen molar-refractivity contribution in [1.82, 2.24) is 9.97 Å². The van der Waals surface area contributed by atoms with Gasteiger partial charge in [-0.15, -0.1) is 0 Å². The van der Waals surface area contributed by atoms with E-state index in [2.05, 4.69) is 20.6 Å². The number of nitrogens with zero attached hydrogens (tertiary/aromatic N) is 2. The maximum Gasteiger partial charge on any atom is 0.258 e. The van der Waals surface area contributed by atoms with Crippen molar-refractivity contribution in [1.29, 1.82) is 0 Å². The van der Waals surface area contributed by atoms with Gasteiger partial charge < -0.3 is 10.6 Å². The van der Waals surface area contributed by atoms with E-state index in [0.29, 0.717) is 16.5 Å². The molecule has 0 radical (unpaired) electrons. The number of benzene rings is 2. The minimum Gasteiger partial charge on any atom is -0.324 e. The smallest absolute Gasteiger partial charge is 0.258 e. The lowest BCUT2D eigenvalue weighted by molar-refractivity contribution is 0.102. The van der Waals surface area contributed by atoms with Gasteiger partial charge in [-0.05, 0) is 36.8 Å². The summed E-state index contributed by atoms with van der Waals surface area (Å²) in [5.74, 6) is 0.136. The number of aromatic nitrogens is 2. The van der Waals surface area contributed by atoms with Crippen molar-refractivity contribution >= 4 is 34.8 Å². The number of nitrogens with one attached hydrogen (secondary N) is 2. The summed E-state index contributed by atoms with van der Waals surface area (Å²) in [5, 5.41) is 6.50. The number of amides is 1. The van der Waals surface area contributed by atoms with E-state index in [9.17, 15) is 4.79 Å². The molecule has 0 saturated heterocycles. The van der Waals surface area contributed by atoms with E-state index >= 15 is 0 Å². The summed E-state index contributed by atoms with van der Waals surface area (Å²) in [5.41, 5.74) is 2.88. The van der Waals surface area contributed by atoms with Crippen LogP contribution in [0.1, 0.15) is 15.9 Å².